The van der Waals surface area contributed by atoms with Crippen LogP contribution in [0.5, 0.6) is 0 Å². The molecule has 2 aliphatic rings. The van der Waals surface area contributed by atoms with Crippen LogP contribution < -0.4 is 5.73 Å². The zero-order valence-electron chi connectivity index (χ0n) is 10.8. The zero-order valence-corrected chi connectivity index (χ0v) is 10.8. The van der Waals surface area contributed by atoms with Gasteiger partial charge < -0.3 is 10.6 Å². The van der Waals surface area contributed by atoms with Gasteiger partial charge in [-0.25, -0.2) is 0 Å². The van der Waals surface area contributed by atoms with Crippen molar-refractivity contribution in [3.63, 3.8) is 0 Å². The first-order chi connectivity index (χ1) is 7.81. The van der Waals surface area contributed by atoms with Crippen molar-refractivity contribution in [2.24, 2.45) is 17.6 Å². The molecule has 94 valence electrons. The van der Waals surface area contributed by atoms with Crippen LogP contribution in [-0.4, -0.2) is 31.1 Å². The maximum atomic E-state index is 6.00. The highest BCUT2D eigenvalue weighted by Crippen LogP contribution is 2.31. The predicted molar refractivity (Wildman–Crippen MR) is 69.4 cm³/mol. The highest BCUT2D eigenvalue weighted by atomic mass is 15.1. The number of rotatable bonds is 5. The molecule has 0 spiro atoms. The van der Waals surface area contributed by atoms with Crippen LogP contribution >= 0.6 is 0 Å². The van der Waals surface area contributed by atoms with E-state index in [0.717, 1.165) is 18.4 Å². The molecule has 0 aromatic rings. The largest absolute Gasteiger partial charge is 0.329 e. The molecule has 1 atom stereocenters. The van der Waals surface area contributed by atoms with Gasteiger partial charge in [-0.3, -0.25) is 0 Å². The Morgan fingerprint density at radius 2 is 1.75 bits per heavy atom. The summed E-state index contributed by atoms with van der Waals surface area (Å²) in [6, 6.07) is 0.654. The number of nitrogens with zero attached hydrogens (tertiary/aromatic N) is 1. The molecule has 0 heterocycles. The first-order valence-electron chi connectivity index (χ1n) is 7.21. The van der Waals surface area contributed by atoms with Crippen LogP contribution in [0.15, 0.2) is 0 Å². The number of hydrogen-bond donors (Lipinski definition) is 1. The Kier molecular flexibility index (Phi) is 4.66. The third-order valence-electron chi connectivity index (χ3n) is 4.77. The van der Waals surface area contributed by atoms with Crippen molar-refractivity contribution in [2.45, 2.75) is 57.4 Å². The molecule has 2 N–H and O–H groups in total. The van der Waals surface area contributed by atoms with Crippen molar-refractivity contribution in [2.75, 3.05) is 20.1 Å². The number of nitrogens with two attached hydrogens (primary N) is 1. The van der Waals surface area contributed by atoms with E-state index in [-0.39, 0.29) is 0 Å². The minimum atomic E-state index is 0.654. The van der Waals surface area contributed by atoms with Gasteiger partial charge >= 0.3 is 0 Å². The van der Waals surface area contributed by atoms with E-state index >= 15 is 0 Å². The molecule has 0 amide bonds. The Labute approximate surface area is 101 Å². The maximum Gasteiger partial charge on any atom is 0.0243 e. The van der Waals surface area contributed by atoms with Crippen molar-refractivity contribution >= 4 is 0 Å². The molecule has 0 bridgehead atoms. The van der Waals surface area contributed by atoms with Gasteiger partial charge in [0, 0.05) is 19.1 Å². The normalized spacial score (nSPS) is 25.7. The maximum absolute atomic E-state index is 6.00. The lowest BCUT2D eigenvalue weighted by Gasteiger charge is -2.39. The molecular weight excluding hydrogens is 196 g/mol. The molecule has 1 unspecified atom stereocenters. The van der Waals surface area contributed by atoms with Crippen molar-refractivity contribution in [3.05, 3.63) is 0 Å². The summed E-state index contributed by atoms with van der Waals surface area (Å²) >= 11 is 0. The lowest BCUT2D eigenvalue weighted by Crippen LogP contribution is -2.46. The Bertz CT molecular complexity index is 195. The van der Waals surface area contributed by atoms with Gasteiger partial charge in [-0.2, -0.15) is 0 Å². The van der Waals surface area contributed by atoms with E-state index in [1.807, 2.05) is 0 Å². The molecule has 2 aliphatic carbocycles. The van der Waals surface area contributed by atoms with Gasteiger partial charge in [0.2, 0.25) is 0 Å². The van der Waals surface area contributed by atoms with Crippen LogP contribution in [0.25, 0.3) is 0 Å². The average molecular weight is 224 g/mol. The minimum Gasteiger partial charge on any atom is -0.329 e. The van der Waals surface area contributed by atoms with E-state index in [9.17, 15) is 0 Å². The van der Waals surface area contributed by atoms with E-state index in [4.69, 9.17) is 5.73 Å². The molecule has 0 aliphatic heterocycles. The van der Waals surface area contributed by atoms with Gasteiger partial charge in [-0.15, -0.1) is 0 Å². The van der Waals surface area contributed by atoms with Crippen molar-refractivity contribution in [1.29, 1.82) is 0 Å². The average Bonchev–Trinajstić information content (AvgIpc) is 2.26. The fraction of sp³-hybridized carbons (Fsp3) is 1.00. The van der Waals surface area contributed by atoms with Crippen LogP contribution in [0.2, 0.25) is 0 Å². The number of hydrogen-bond acceptors (Lipinski definition) is 2. The van der Waals surface area contributed by atoms with Crippen LogP contribution in [0.4, 0.5) is 0 Å². The second kappa shape index (κ2) is 6.02. The highest BCUT2D eigenvalue weighted by Gasteiger charge is 2.28. The second-order valence-corrected chi connectivity index (χ2v) is 5.94. The minimum absolute atomic E-state index is 0.654. The predicted octanol–water partition coefficient (Wildman–Crippen LogP) is 2.63. The summed E-state index contributed by atoms with van der Waals surface area (Å²) in [6.07, 6.45) is 11.5. The summed E-state index contributed by atoms with van der Waals surface area (Å²) < 4.78 is 0. The van der Waals surface area contributed by atoms with Gasteiger partial charge in [0.15, 0.2) is 0 Å². The topological polar surface area (TPSA) is 29.3 Å². The zero-order chi connectivity index (χ0) is 11.4. The summed E-state index contributed by atoms with van der Waals surface area (Å²) in [6.45, 7) is 2.15. The summed E-state index contributed by atoms with van der Waals surface area (Å²) in [5.41, 5.74) is 6.00. The molecule has 0 aromatic heterocycles. The first kappa shape index (κ1) is 12.4. The Hall–Kier alpha value is -0.0800. The van der Waals surface area contributed by atoms with E-state index in [2.05, 4.69) is 11.9 Å². The standard InChI is InChI=1S/C14H28N2/c1-16(11-12-6-5-7-12)14(10-15)13-8-3-2-4-9-13/h12-14H,2-11,15H2,1H3. The molecule has 0 aromatic carbocycles. The van der Waals surface area contributed by atoms with E-state index in [1.165, 1.54) is 57.9 Å². The quantitative estimate of drug-likeness (QED) is 0.778. The van der Waals surface area contributed by atoms with Crippen LogP contribution in [0, 0.1) is 11.8 Å². The van der Waals surface area contributed by atoms with Crippen LogP contribution in [0.3, 0.4) is 0 Å². The van der Waals surface area contributed by atoms with Crippen molar-refractivity contribution < 1.29 is 0 Å². The van der Waals surface area contributed by atoms with E-state index < -0.39 is 0 Å². The Morgan fingerprint density at radius 1 is 1.06 bits per heavy atom. The SMILES string of the molecule is CN(CC1CCC1)C(CN)C1CCCCC1. The van der Waals surface area contributed by atoms with Gasteiger partial charge in [-0.05, 0) is 44.6 Å². The summed E-state index contributed by atoms with van der Waals surface area (Å²) in [5.74, 6) is 1.85. The smallest absolute Gasteiger partial charge is 0.0243 e. The molecule has 0 saturated heterocycles. The Balaban J connectivity index is 1.81. The lowest BCUT2D eigenvalue weighted by atomic mass is 9.81. The van der Waals surface area contributed by atoms with E-state index in [1.54, 1.807) is 0 Å². The lowest BCUT2D eigenvalue weighted by molar-refractivity contribution is 0.110. The van der Waals surface area contributed by atoms with E-state index in [0.29, 0.717) is 6.04 Å². The van der Waals surface area contributed by atoms with Crippen molar-refractivity contribution in [1.82, 2.24) is 4.90 Å². The summed E-state index contributed by atoms with van der Waals surface area (Å²) in [5, 5.41) is 0. The molecular formula is C14H28N2. The van der Waals surface area contributed by atoms with Crippen LogP contribution in [0.1, 0.15) is 51.4 Å². The third-order valence-corrected chi connectivity index (χ3v) is 4.77. The molecule has 2 fully saturated rings. The molecule has 2 rings (SSSR count). The van der Waals surface area contributed by atoms with Crippen molar-refractivity contribution in [3.8, 4) is 0 Å². The molecule has 16 heavy (non-hydrogen) atoms. The molecule has 2 nitrogen and oxygen atoms in total. The second-order valence-electron chi connectivity index (χ2n) is 5.94. The molecule has 0 radical (unpaired) electrons. The fourth-order valence-electron chi connectivity index (χ4n) is 3.47. The highest BCUT2D eigenvalue weighted by molar-refractivity contribution is 4.83. The summed E-state index contributed by atoms with van der Waals surface area (Å²) in [4.78, 5) is 2.57. The fourth-order valence-corrected chi connectivity index (χ4v) is 3.47. The monoisotopic (exact) mass is 224 g/mol. The summed E-state index contributed by atoms with van der Waals surface area (Å²) in [7, 11) is 2.30. The number of likely N-dealkylation sites (N-methyl/N-ethyl adjacent to an activating group) is 1. The first-order valence-corrected chi connectivity index (χ1v) is 7.21. The van der Waals surface area contributed by atoms with Gasteiger partial charge in [0.25, 0.3) is 0 Å². The van der Waals surface area contributed by atoms with Gasteiger partial charge in [0.1, 0.15) is 0 Å². The van der Waals surface area contributed by atoms with Crippen LogP contribution in [-0.2, 0) is 0 Å². The molecule has 2 heteroatoms. The van der Waals surface area contributed by atoms with Gasteiger partial charge in [-0.1, -0.05) is 25.7 Å². The molecule has 2 saturated carbocycles. The third kappa shape index (κ3) is 2.98. The Morgan fingerprint density at radius 3 is 2.25 bits per heavy atom. The van der Waals surface area contributed by atoms with Gasteiger partial charge in [0.05, 0.1) is 0 Å².